The van der Waals surface area contributed by atoms with E-state index in [4.69, 9.17) is 0 Å². The minimum absolute atomic E-state index is 0.0918. The molecule has 2 nitrogen and oxygen atoms in total. The van der Waals surface area contributed by atoms with Crippen molar-refractivity contribution in [3.8, 4) is 0 Å². The molecule has 17 heavy (non-hydrogen) atoms. The lowest BCUT2D eigenvalue weighted by Crippen LogP contribution is -2.44. The van der Waals surface area contributed by atoms with Crippen molar-refractivity contribution >= 4 is 0 Å². The van der Waals surface area contributed by atoms with Gasteiger partial charge in [-0.05, 0) is 43.7 Å². The fourth-order valence-electron chi connectivity index (χ4n) is 2.77. The topological polar surface area (TPSA) is 23.5 Å². The molecule has 1 unspecified atom stereocenters. The highest BCUT2D eigenvalue weighted by molar-refractivity contribution is 4.84. The third-order valence-electron chi connectivity index (χ3n) is 4.65. The third-order valence-corrected chi connectivity index (χ3v) is 4.65. The lowest BCUT2D eigenvalue weighted by Gasteiger charge is -2.41. The molecule has 1 heterocycles. The van der Waals surface area contributed by atoms with Gasteiger partial charge in [0, 0.05) is 18.6 Å². The Morgan fingerprint density at radius 3 is 2.00 bits per heavy atom. The Morgan fingerprint density at radius 2 is 1.65 bits per heavy atom. The molecule has 1 rings (SSSR count). The molecule has 2 heteroatoms. The van der Waals surface area contributed by atoms with Gasteiger partial charge in [0.2, 0.25) is 0 Å². The largest absolute Gasteiger partial charge is 0.396 e. The van der Waals surface area contributed by atoms with Crippen LogP contribution in [0.5, 0.6) is 0 Å². The normalized spacial score (nSPS) is 23.6. The molecule has 1 saturated heterocycles. The van der Waals surface area contributed by atoms with E-state index in [1.807, 2.05) is 0 Å². The minimum atomic E-state index is 0.0918. The van der Waals surface area contributed by atoms with Crippen LogP contribution in [-0.4, -0.2) is 36.2 Å². The molecule has 1 N–H and O–H groups in total. The van der Waals surface area contributed by atoms with Crippen LogP contribution in [0.3, 0.4) is 0 Å². The predicted molar refractivity (Wildman–Crippen MR) is 74.1 cm³/mol. The summed E-state index contributed by atoms with van der Waals surface area (Å²) in [5, 5.41) is 9.47. The Labute approximate surface area is 107 Å². The van der Waals surface area contributed by atoms with Crippen LogP contribution in [0, 0.1) is 16.7 Å². The zero-order valence-corrected chi connectivity index (χ0v) is 12.4. The molecule has 0 saturated carbocycles. The lowest BCUT2D eigenvalue weighted by molar-refractivity contribution is 0.0489. The number of aliphatic hydroxyl groups excluding tert-OH is 1. The van der Waals surface area contributed by atoms with Crippen molar-refractivity contribution in [3.05, 3.63) is 0 Å². The molecular weight excluding hydrogens is 210 g/mol. The van der Waals surface area contributed by atoms with Gasteiger partial charge in [0.25, 0.3) is 0 Å². The standard InChI is InChI=1S/C15H31NO/c1-6-15(5,12-17)11-16-9-7-13(8-10-16)14(2,3)4/h13,17H,6-12H2,1-5H3. The molecule has 0 amide bonds. The van der Waals surface area contributed by atoms with Gasteiger partial charge in [-0.2, -0.15) is 0 Å². The molecule has 1 atom stereocenters. The second-order valence-electron chi connectivity index (χ2n) is 7.24. The summed E-state index contributed by atoms with van der Waals surface area (Å²) in [5.74, 6) is 0.862. The second-order valence-corrected chi connectivity index (χ2v) is 7.24. The summed E-state index contributed by atoms with van der Waals surface area (Å²) in [6.45, 7) is 15.2. The van der Waals surface area contributed by atoms with Crippen LogP contribution >= 0.6 is 0 Å². The molecule has 0 bridgehead atoms. The van der Waals surface area contributed by atoms with Crippen LogP contribution in [0.1, 0.15) is 53.9 Å². The molecule has 1 fully saturated rings. The highest BCUT2D eigenvalue weighted by Crippen LogP contribution is 2.35. The van der Waals surface area contributed by atoms with Crippen molar-refractivity contribution in [2.24, 2.45) is 16.7 Å². The van der Waals surface area contributed by atoms with Crippen LogP contribution in [0.25, 0.3) is 0 Å². The molecule has 1 aliphatic rings. The van der Waals surface area contributed by atoms with Crippen LogP contribution < -0.4 is 0 Å². The summed E-state index contributed by atoms with van der Waals surface area (Å²) in [5.41, 5.74) is 0.547. The van der Waals surface area contributed by atoms with Gasteiger partial charge in [0.05, 0.1) is 0 Å². The Balaban J connectivity index is 2.42. The molecule has 0 aromatic rings. The Bertz CT molecular complexity index is 220. The Morgan fingerprint density at radius 1 is 1.12 bits per heavy atom. The van der Waals surface area contributed by atoms with E-state index in [-0.39, 0.29) is 5.41 Å². The zero-order chi connectivity index (χ0) is 13.1. The minimum Gasteiger partial charge on any atom is -0.396 e. The first kappa shape index (κ1) is 15.0. The van der Waals surface area contributed by atoms with Crippen molar-refractivity contribution in [2.45, 2.75) is 53.9 Å². The number of hydrogen-bond donors (Lipinski definition) is 1. The monoisotopic (exact) mass is 241 g/mol. The number of nitrogens with zero attached hydrogens (tertiary/aromatic N) is 1. The first-order valence-corrected chi connectivity index (χ1v) is 7.14. The van der Waals surface area contributed by atoms with Crippen LogP contribution in [-0.2, 0) is 0 Å². The van der Waals surface area contributed by atoms with Gasteiger partial charge in [0.15, 0.2) is 0 Å². The number of aliphatic hydroxyl groups is 1. The highest BCUT2D eigenvalue weighted by Gasteiger charge is 2.31. The van der Waals surface area contributed by atoms with E-state index in [0.717, 1.165) is 18.9 Å². The number of rotatable bonds is 4. The predicted octanol–water partition coefficient (Wildman–Crippen LogP) is 3.15. The van der Waals surface area contributed by atoms with Gasteiger partial charge in [-0.3, -0.25) is 0 Å². The summed E-state index contributed by atoms with van der Waals surface area (Å²) < 4.78 is 0. The van der Waals surface area contributed by atoms with Crippen LogP contribution in [0.4, 0.5) is 0 Å². The number of piperidine rings is 1. The average Bonchev–Trinajstić information content (AvgIpc) is 2.28. The molecule has 0 radical (unpaired) electrons. The van der Waals surface area contributed by atoms with Gasteiger partial charge in [-0.15, -0.1) is 0 Å². The van der Waals surface area contributed by atoms with E-state index in [1.54, 1.807) is 0 Å². The summed E-state index contributed by atoms with van der Waals surface area (Å²) in [6, 6.07) is 0. The van der Waals surface area contributed by atoms with Crippen molar-refractivity contribution < 1.29 is 5.11 Å². The quantitative estimate of drug-likeness (QED) is 0.817. The Hall–Kier alpha value is -0.0800. The highest BCUT2D eigenvalue weighted by atomic mass is 16.3. The van der Waals surface area contributed by atoms with Gasteiger partial charge < -0.3 is 10.0 Å². The van der Waals surface area contributed by atoms with E-state index in [0.29, 0.717) is 12.0 Å². The van der Waals surface area contributed by atoms with E-state index in [1.165, 1.54) is 25.9 Å². The maximum absolute atomic E-state index is 9.47. The van der Waals surface area contributed by atoms with Crippen molar-refractivity contribution in [3.63, 3.8) is 0 Å². The van der Waals surface area contributed by atoms with E-state index < -0.39 is 0 Å². The maximum atomic E-state index is 9.47. The fraction of sp³-hybridized carbons (Fsp3) is 1.00. The molecule has 0 aliphatic carbocycles. The molecule has 1 aliphatic heterocycles. The summed E-state index contributed by atoms with van der Waals surface area (Å²) in [6.07, 6.45) is 3.69. The molecule has 0 aromatic heterocycles. The summed E-state index contributed by atoms with van der Waals surface area (Å²) in [4.78, 5) is 2.54. The van der Waals surface area contributed by atoms with Crippen molar-refractivity contribution in [1.82, 2.24) is 4.90 Å². The van der Waals surface area contributed by atoms with E-state index in [2.05, 4.69) is 39.5 Å². The summed E-state index contributed by atoms with van der Waals surface area (Å²) >= 11 is 0. The van der Waals surface area contributed by atoms with E-state index in [9.17, 15) is 5.11 Å². The lowest BCUT2D eigenvalue weighted by atomic mass is 9.75. The smallest absolute Gasteiger partial charge is 0.0496 e. The zero-order valence-electron chi connectivity index (χ0n) is 12.4. The van der Waals surface area contributed by atoms with Gasteiger partial charge in [-0.1, -0.05) is 34.6 Å². The molecule has 0 spiro atoms. The van der Waals surface area contributed by atoms with Crippen molar-refractivity contribution in [2.75, 3.05) is 26.2 Å². The molecular formula is C15H31NO. The first-order chi connectivity index (χ1) is 7.80. The summed E-state index contributed by atoms with van der Waals surface area (Å²) in [7, 11) is 0. The molecule has 102 valence electrons. The van der Waals surface area contributed by atoms with Crippen LogP contribution in [0.15, 0.2) is 0 Å². The van der Waals surface area contributed by atoms with Gasteiger partial charge >= 0.3 is 0 Å². The number of likely N-dealkylation sites (tertiary alicyclic amines) is 1. The second kappa shape index (κ2) is 5.71. The van der Waals surface area contributed by atoms with Crippen LogP contribution in [0.2, 0.25) is 0 Å². The Kier molecular flexibility index (Phi) is 5.03. The maximum Gasteiger partial charge on any atom is 0.0496 e. The van der Waals surface area contributed by atoms with Crippen molar-refractivity contribution in [1.29, 1.82) is 0 Å². The average molecular weight is 241 g/mol. The number of hydrogen-bond acceptors (Lipinski definition) is 2. The SMILES string of the molecule is CCC(C)(CO)CN1CCC(C(C)(C)C)CC1. The third kappa shape index (κ3) is 4.26. The molecule has 0 aromatic carbocycles. The fourth-order valence-corrected chi connectivity index (χ4v) is 2.77. The van der Waals surface area contributed by atoms with Gasteiger partial charge in [0.1, 0.15) is 0 Å². The van der Waals surface area contributed by atoms with E-state index >= 15 is 0 Å². The first-order valence-electron chi connectivity index (χ1n) is 7.14. The van der Waals surface area contributed by atoms with Gasteiger partial charge in [-0.25, -0.2) is 0 Å².